The number of amides is 1. The summed E-state index contributed by atoms with van der Waals surface area (Å²) in [4.78, 5) is 14.2. The summed E-state index contributed by atoms with van der Waals surface area (Å²) in [6.07, 6.45) is 3.98. The van der Waals surface area contributed by atoms with Crippen molar-refractivity contribution in [2.75, 3.05) is 11.9 Å². The molecule has 0 spiro atoms. The van der Waals surface area contributed by atoms with Crippen LogP contribution >= 0.6 is 0 Å². The zero-order valence-corrected chi connectivity index (χ0v) is 12.6. The molecule has 1 aliphatic rings. The van der Waals surface area contributed by atoms with E-state index >= 15 is 0 Å². The molecule has 0 saturated heterocycles. The van der Waals surface area contributed by atoms with E-state index in [1.807, 2.05) is 6.92 Å². The van der Waals surface area contributed by atoms with Crippen LogP contribution in [0.15, 0.2) is 29.2 Å². The van der Waals surface area contributed by atoms with Crippen LogP contribution in [-0.2, 0) is 14.8 Å². The summed E-state index contributed by atoms with van der Waals surface area (Å²) in [7, 11) is -1.98. The topological polar surface area (TPSA) is 80.5 Å². The minimum atomic E-state index is -3.70. The second-order valence-electron chi connectivity index (χ2n) is 5.67. The lowest BCUT2D eigenvalue weighted by Crippen LogP contribution is -2.38. The largest absolute Gasteiger partial charge is 0.315 e. The first-order chi connectivity index (χ1) is 9.24. The molecule has 110 valence electrons. The van der Waals surface area contributed by atoms with Gasteiger partial charge in [-0.05, 0) is 37.1 Å². The van der Waals surface area contributed by atoms with Gasteiger partial charge in [0.2, 0.25) is 15.9 Å². The standard InChI is InChI=1S/C14H20N2O3S/c1-14(9-3-4-10-14)13(17)16(2)11-5-7-12(8-6-11)20(15,18)19/h5-8H,3-4,9-10H2,1-2H3,(H2,15,18,19). The van der Waals surface area contributed by atoms with Crippen LogP contribution in [0.25, 0.3) is 0 Å². The summed E-state index contributed by atoms with van der Waals surface area (Å²) < 4.78 is 22.4. The Kier molecular flexibility index (Phi) is 3.88. The molecule has 1 saturated carbocycles. The van der Waals surface area contributed by atoms with Crippen molar-refractivity contribution in [3.8, 4) is 0 Å². The van der Waals surface area contributed by atoms with Crippen LogP contribution in [0.4, 0.5) is 5.69 Å². The van der Waals surface area contributed by atoms with E-state index < -0.39 is 10.0 Å². The summed E-state index contributed by atoms with van der Waals surface area (Å²) in [5.74, 6) is 0.0818. The van der Waals surface area contributed by atoms with E-state index in [4.69, 9.17) is 5.14 Å². The van der Waals surface area contributed by atoms with E-state index in [0.29, 0.717) is 5.69 Å². The summed E-state index contributed by atoms with van der Waals surface area (Å²) in [5, 5.41) is 5.06. The Morgan fingerprint density at radius 3 is 2.15 bits per heavy atom. The van der Waals surface area contributed by atoms with Crippen LogP contribution in [0.2, 0.25) is 0 Å². The Balaban J connectivity index is 2.21. The van der Waals surface area contributed by atoms with E-state index in [1.54, 1.807) is 24.1 Å². The van der Waals surface area contributed by atoms with Gasteiger partial charge in [0.25, 0.3) is 0 Å². The summed E-state index contributed by atoms with van der Waals surface area (Å²) in [6, 6.07) is 6.06. The number of primary sulfonamides is 1. The Morgan fingerprint density at radius 2 is 1.70 bits per heavy atom. The fourth-order valence-electron chi connectivity index (χ4n) is 2.75. The van der Waals surface area contributed by atoms with E-state index in [2.05, 4.69) is 0 Å². The number of anilines is 1. The fourth-order valence-corrected chi connectivity index (χ4v) is 3.27. The minimum Gasteiger partial charge on any atom is -0.315 e. The molecule has 1 aromatic carbocycles. The highest BCUT2D eigenvalue weighted by Crippen LogP contribution is 2.39. The molecule has 0 radical (unpaired) electrons. The van der Waals surface area contributed by atoms with Crippen molar-refractivity contribution in [2.45, 2.75) is 37.5 Å². The molecular formula is C14H20N2O3S. The molecule has 20 heavy (non-hydrogen) atoms. The number of hydrogen-bond donors (Lipinski definition) is 1. The van der Waals surface area contributed by atoms with Gasteiger partial charge in [-0.15, -0.1) is 0 Å². The lowest BCUT2D eigenvalue weighted by molar-refractivity contribution is -0.126. The highest BCUT2D eigenvalue weighted by atomic mass is 32.2. The molecule has 2 rings (SSSR count). The maximum Gasteiger partial charge on any atom is 0.238 e. The number of benzene rings is 1. The average molecular weight is 296 g/mol. The zero-order chi connectivity index (χ0) is 15.0. The van der Waals surface area contributed by atoms with Gasteiger partial charge in [-0.2, -0.15) is 0 Å². The number of sulfonamides is 1. The van der Waals surface area contributed by atoms with Crippen molar-refractivity contribution in [3.63, 3.8) is 0 Å². The molecule has 6 heteroatoms. The molecule has 5 nitrogen and oxygen atoms in total. The molecule has 1 aromatic rings. The molecule has 0 aromatic heterocycles. The van der Waals surface area contributed by atoms with Crippen LogP contribution in [0.3, 0.4) is 0 Å². The second-order valence-corrected chi connectivity index (χ2v) is 7.23. The number of carbonyl (C=O) groups is 1. The molecule has 0 aliphatic heterocycles. The Morgan fingerprint density at radius 1 is 1.20 bits per heavy atom. The fraction of sp³-hybridized carbons (Fsp3) is 0.500. The number of rotatable bonds is 3. The van der Waals surface area contributed by atoms with Gasteiger partial charge in [-0.1, -0.05) is 19.8 Å². The maximum absolute atomic E-state index is 12.5. The monoisotopic (exact) mass is 296 g/mol. The quantitative estimate of drug-likeness (QED) is 0.924. The van der Waals surface area contributed by atoms with Crippen molar-refractivity contribution >= 4 is 21.6 Å². The highest BCUT2D eigenvalue weighted by molar-refractivity contribution is 7.89. The highest BCUT2D eigenvalue weighted by Gasteiger charge is 2.38. The van der Waals surface area contributed by atoms with E-state index in [1.165, 1.54) is 12.1 Å². The molecule has 0 unspecified atom stereocenters. The minimum absolute atomic E-state index is 0.0502. The van der Waals surface area contributed by atoms with Gasteiger partial charge in [0.15, 0.2) is 0 Å². The first-order valence-corrected chi connectivity index (χ1v) is 8.20. The Hall–Kier alpha value is -1.40. The Bertz CT molecular complexity index is 602. The van der Waals surface area contributed by atoms with Crippen LogP contribution < -0.4 is 10.0 Å². The lowest BCUT2D eigenvalue weighted by Gasteiger charge is -2.29. The van der Waals surface area contributed by atoms with Gasteiger partial charge in [0.05, 0.1) is 4.90 Å². The number of carbonyl (C=O) groups excluding carboxylic acids is 1. The molecule has 0 atom stereocenters. The third-order valence-corrected chi connectivity index (χ3v) is 5.01. The average Bonchev–Trinajstić information content (AvgIpc) is 2.84. The molecule has 0 bridgehead atoms. The first-order valence-electron chi connectivity index (χ1n) is 6.65. The molecular weight excluding hydrogens is 276 g/mol. The zero-order valence-electron chi connectivity index (χ0n) is 11.8. The number of hydrogen-bond acceptors (Lipinski definition) is 3. The van der Waals surface area contributed by atoms with Crippen molar-refractivity contribution in [3.05, 3.63) is 24.3 Å². The van der Waals surface area contributed by atoms with Gasteiger partial charge in [-0.25, -0.2) is 13.6 Å². The van der Waals surface area contributed by atoms with Gasteiger partial charge < -0.3 is 4.90 Å². The first kappa shape index (κ1) is 15.0. The molecule has 1 aliphatic carbocycles. The number of nitrogens with two attached hydrogens (primary N) is 1. The van der Waals surface area contributed by atoms with Crippen LogP contribution in [0, 0.1) is 5.41 Å². The van der Waals surface area contributed by atoms with Crippen molar-refractivity contribution in [1.82, 2.24) is 0 Å². The smallest absolute Gasteiger partial charge is 0.238 e. The van der Waals surface area contributed by atoms with Gasteiger partial charge in [0.1, 0.15) is 0 Å². The van der Waals surface area contributed by atoms with Crippen molar-refractivity contribution in [1.29, 1.82) is 0 Å². The molecule has 1 fully saturated rings. The second kappa shape index (κ2) is 5.18. The third-order valence-electron chi connectivity index (χ3n) is 4.08. The van der Waals surface area contributed by atoms with Gasteiger partial charge >= 0.3 is 0 Å². The number of nitrogens with zero attached hydrogens (tertiary/aromatic N) is 1. The lowest BCUT2D eigenvalue weighted by atomic mass is 9.87. The van der Waals surface area contributed by atoms with Crippen LogP contribution in [0.1, 0.15) is 32.6 Å². The maximum atomic E-state index is 12.5. The van der Waals surface area contributed by atoms with Crippen molar-refractivity contribution < 1.29 is 13.2 Å². The van der Waals surface area contributed by atoms with Crippen LogP contribution in [-0.4, -0.2) is 21.4 Å². The summed E-state index contributed by atoms with van der Waals surface area (Å²) in [6.45, 7) is 2.00. The van der Waals surface area contributed by atoms with Gasteiger partial charge in [-0.3, -0.25) is 4.79 Å². The predicted octanol–water partition coefficient (Wildman–Crippen LogP) is 1.88. The molecule has 1 amide bonds. The molecule has 0 heterocycles. The third kappa shape index (κ3) is 2.86. The summed E-state index contributed by atoms with van der Waals surface area (Å²) >= 11 is 0. The SMILES string of the molecule is CN(C(=O)C1(C)CCCC1)c1ccc(S(N)(=O)=O)cc1. The molecule has 2 N–H and O–H groups in total. The van der Waals surface area contributed by atoms with Gasteiger partial charge in [0, 0.05) is 18.2 Å². The van der Waals surface area contributed by atoms with E-state index in [-0.39, 0.29) is 16.2 Å². The predicted molar refractivity (Wildman–Crippen MR) is 77.8 cm³/mol. The normalized spacial score (nSPS) is 17.9. The van der Waals surface area contributed by atoms with Crippen molar-refractivity contribution in [2.24, 2.45) is 10.6 Å². The Labute approximate surface area is 119 Å². The van der Waals surface area contributed by atoms with Crippen LogP contribution in [0.5, 0.6) is 0 Å². The van der Waals surface area contributed by atoms with E-state index in [9.17, 15) is 13.2 Å². The van der Waals surface area contributed by atoms with E-state index in [0.717, 1.165) is 25.7 Å². The summed E-state index contributed by atoms with van der Waals surface area (Å²) in [5.41, 5.74) is 0.378.